The molecule has 1 aliphatic rings. The number of hydrogen-bond donors (Lipinski definition) is 1. The quantitative estimate of drug-likeness (QED) is 0.933. The second-order valence-electron chi connectivity index (χ2n) is 5.41. The molecule has 1 aliphatic carbocycles. The summed E-state index contributed by atoms with van der Waals surface area (Å²) in [5, 5.41) is 11.8. The van der Waals surface area contributed by atoms with Gasteiger partial charge in [0.25, 0.3) is 0 Å². The molecule has 0 radical (unpaired) electrons. The predicted molar refractivity (Wildman–Crippen MR) is 80.6 cm³/mol. The van der Waals surface area contributed by atoms with Crippen LogP contribution >= 0.6 is 0 Å². The lowest BCUT2D eigenvalue weighted by Gasteiger charge is -2.05. The van der Waals surface area contributed by atoms with E-state index in [1.54, 1.807) is 12.1 Å². The fraction of sp³-hybridized carbons (Fsp3) is 0.222. The molecule has 1 amide bonds. The maximum atomic E-state index is 12.0. The van der Waals surface area contributed by atoms with Gasteiger partial charge in [-0.1, -0.05) is 42.5 Å². The molecule has 1 saturated carbocycles. The zero-order chi connectivity index (χ0) is 14.7. The molecule has 104 valence electrons. The molecule has 3 nitrogen and oxygen atoms in total. The van der Waals surface area contributed by atoms with E-state index in [9.17, 15) is 4.79 Å². The Balaban J connectivity index is 1.52. The number of nitriles is 1. The number of nitrogens with zero attached hydrogens (tertiary/aromatic N) is 1. The normalized spacial score (nSPS) is 19.6. The number of rotatable bonds is 4. The highest BCUT2D eigenvalue weighted by Crippen LogP contribution is 2.40. The van der Waals surface area contributed by atoms with Crippen molar-refractivity contribution < 1.29 is 4.79 Å². The summed E-state index contributed by atoms with van der Waals surface area (Å²) in [6.07, 6.45) is 1.38. The third-order valence-corrected chi connectivity index (χ3v) is 3.81. The van der Waals surface area contributed by atoms with Crippen LogP contribution in [0.2, 0.25) is 0 Å². The highest BCUT2D eigenvalue weighted by atomic mass is 16.1. The third kappa shape index (κ3) is 3.29. The summed E-state index contributed by atoms with van der Waals surface area (Å²) in [5.74, 6) is 0.499. The van der Waals surface area contributed by atoms with Crippen LogP contribution in [0.3, 0.4) is 0 Å². The van der Waals surface area contributed by atoms with E-state index < -0.39 is 0 Å². The molecule has 0 spiro atoms. The fourth-order valence-electron chi connectivity index (χ4n) is 2.56. The van der Waals surface area contributed by atoms with Crippen LogP contribution in [0.25, 0.3) is 0 Å². The van der Waals surface area contributed by atoms with Crippen molar-refractivity contribution in [2.24, 2.45) is 0 Å². The third-order valence-electron chi connectivity index (χ3n) is 3.81. The molecule has 2 atom stereocenters. The second-order valence-corrected chi connectivity index (χ2v) is 5.41. The smallest absolute Gasteiger partial charge is 0.224 e. The van der Waals surface area contributed by atoms with Crippen molar-refractivity contribution in [3.8, 4) is 6.07 Å². The topological polar surface area (TPSA) is 52.9 Å². The highest BCUT2D eigenvalue weighted by Gasteiger charge is 2.39. The van der Waals surface area contributed by atoms with Gasteiger partial charge in [-0.3, -0.25) is 4.79 Å². The van der Waals surface area contributed by atoms with Gasteiger partial charge in [-0.05, 0) is 29.7 Å². The van der Waals surface area contributed by atoms with Crippen molar-refractivity contribution in [1.29, 1.82) is 5.26 Å². The summed E-state index contributed by atoms with van der Waals surface area (Å²) in [6, 6.07) is 19.8. The van der Waals surface area contributed by atoms with Gasteiger partial charge in [-0.2, -0.15) is 5.26 Å². The first-order chi connectivity index (χ1) is 10.3. The van der Waals surface area contributed by atoms with Crippen molar-refractivity contribution in [2.75, 3.05) is 0 Å². The molecule has 0 heterocycles. The zero-order valence-electron chi connectivity index (χ0n) is 11.6. The lowest BCUT2D eigenvalue weighted by molar-refractivity contribution is -0.120. The molecular formula is C18H16N2O. The van der Waals surface area contributed by atoms with Gasteiger partial charge in [0.15, 0.2) is 0 Å². The monoisotopic (exact) mass is 276 g/mol. The summed E-state index contributed by atoms with van der Waals surface area (Å²) in [6.45, 7) is 0. The largest absolute Gasteiger partial charge is 0.352 e. The Morgan fingerprint density at radius 3 is 2.52 bits per heavy atom. The lowest BCUT2D eigenvalue weighted by atomic mass is 10.1. The molecule has 0 aromatic heterocycles. The Labute approximate surface area is 124 Å². The number of hydrogen-bond acceptors (Lipinski definition) is 2. The Kier molecular flexibility index (Phi) is 3.70. The summed E-state index contributed by atoms with van der Waals surface area (Å²) in [5.41, 5.74) is 2.84. The van der Waals surface area contributed by atoms with E-state index in [0.717, 1.165) is 12.0 Å². The van der Waals surface area contributed by atoms with E-state index in [4.69, 9.17) is 5.26 Å². The summed E-state index contributed by atoms with van der Waals surface area (Å²) in [7, 11) is 0. The first-order valence-corrected chi connectivity index (χ1v) is 7.09. The summed E-state index contributed by atoms with van der Waals surface area (Å²) in [4.78, 5) is 12.0. The maximum absolute atomic E-state index is 12.0. The molecule has 2 unspecified atom stereocenters. The van der Waals surface area contributed by atoms with Gasteiger partial charge < -0.3 is 5.32 Å². The molecule has 0 saturated heterocycles. The molecule has 1 N–H and O–H groups in total. The van der Waals surface area contributed by atoms with Gasteiger partial charge in [0.2, 0.25) is 5.91 Å². The molecule has 21 heavy (non-hydrogen) atoms. The molecular weight excluding hydrogens is 260 g/mol. The lowest BCUT2D eigenvalue weighted by Crippen LogP contribution is -2.28. The van der Waals surface area contributed by atoms with Gasteiger partial charge >= 0.3 is 0 Å². The molecule has 0 aliphatic heterocycles. The Bertz CT molecular complexity index is 671. The summed E-state index contributed by atoms with van der Waals surface area (Å²) >= 11 is 0. The van der Waals surface area contributed by atoms with Gasteiger partial charge in [0.05, 0.1) is 18.1 Å². The van der Waals surface area contributed by atoms with Gasteiger partial charge in [-0.25, -0.2) is 0 Å². The van der Waals surface area contributed by atoms with E-state index in [-0.39, 0.29) is 11.9 Å². The minimum absolute atomic E-state index is 0.0446. The molecule has 2 aromatic rings. The van der Waals surface area contributed by atoms with Crippen molar-refractivity contribution in [2.45, 2.75) is 24.8 Å². The van der Waals surface area contributed by atoms with Crippen molar-refractivity contribution in [3.05, 3.63) is 71.3 Å². The van der Waals surface area contributed by atoms with E-state index in [2.05, 4.69) is 23.5 Å². The predicted octanol–water partition coefficient (Wildman–Crippen LogP) is 2.77. The molecule has 1 fully saturated rings. The Morgan fingerprint density at radius 2 is 1.86 bits per heavy atom. The van der Waals surface area contributed by atoms with E-state index in [1.165, 1.54) is 5.56 Å². The average molecular weight is 276 g/mol. The summed E-state index contributed by atoms with van der Waals surface area (Å²) < 4.78 is 0. The van der Waals surface area contributed by atoms with E-state index >= 15 is 0 Å². The van der Waals surface area contributed by atoms with Crippen LogP contribution < -0.4 is 5.32 Å². The van der Waals surface area contributed by atoms with Crippen LogP contribution in [0.15, 0.2) is 54.6 Å². The van der Waals surface area contributed by atoms with Crippen molar-refractivity contribution in [3.63, 3.8) is 0 Å². The van der Waals surface area contributed by atoms with Crippen molar-refractivity contribution in [1.82, 2.24) is 5.32 Å². The molecule has 0 bridgehead atoms. The van der Waals surface area contributed by atoms with Crippen molar-refractivity contribution >= 4 is 5.91 Å². The number of carbonyl (C=O) groups is 1. The molecule has 2 aromatic carbocycles. The van der Waals surface area contributed by atoms with Crippen LogP contribution in [0, 0.1) is 11.3 Å². The number of benzene rings is 2. The van der Waals surface area contributed by atoms with Crippen LogP contribution in [0.5, 0.6) is 0 Å². The van der Waals surface area contributed by atoms with Gasteiger partial charge in [-0.15, -0.1) is 0 Å². The van der Waals surface area contributed by atoms with Gasteiger partial charge in [0, 0.05) is 12.0 Å². The molecule has 3 heteroatoms. The second kappa shape index (κ2) is 5.80. The minimum atomic E-state index is 0.0446. The Hall–Kier alpha value is -2.60. The van der Waals surface area contributed by atoms with Crippen LogP contribution in [0.1, 0.15) is 29.0 Å². The number of amides is 1. The fourth-order valence-corrected chi connectivity index (χ4v) is 2.56. The van der Waals surface area contributed by atoms with Crippen LogP contribution in [-0.4, -0.2) is 11.9 Å². The minimum Gasteiger partial charge on any atom is -0.352 e. The van der Waals surface area contributed by atoms with Crippen LogP contribution in [-0.2, 0) is 11.2 Å². The standard InChI is InChI=1S/C18H16N2O/c19-12-14-8-6-13(7-9-14)10-18(21)20-17-11-16(17)15-4-2-1-3-5-15/h1-9,16-17H,10-11H2,(H,20,21). The SMILES string of the molecule is N#Cc1ccc(CC(=O)NC2CC2c2ccccc2)cc1. The maximum Gasteiger partial charge on any atom is 0.224 e. The van der Waals surface area contributed by atoms with E-state index in [0.29, 0.717) is 17.9 Å². The Morgan fingerprint density at radius 1 is 1.14 bits per heavy atom. The number of nitrogens with one attached hydrogen (secondary N) is 1. The zero-order valence-corrected chi connectivity index (χ0v) is 11.6. The van der Waals surface area contributed by atoms with Gasteiger partial charge in [0.1, 0.15) is 0 Å². The number of carbonyl (C=O) groups excluding carboxylic acids is 1. The van der Waals surface area contributed by atoms with Crippen LogP contribution in [0.4, 0.5) is 0 Å². The average Bonchev–Trinajstić information content (AvgIpc) is 3.28. The highest BCUT2D eigenvalue weighted by molar-refractivity contribution is 5.79. The first-order valence-electron chi connectivity index (χ1n) is 7.09. The first kappa shape index (κ1) is 13.4. The molecule has 3 rings (SSSR count). The van der Waals surface area contributed by atoms with E-state index in [1.807, 2.05) is 30.3 Å².